The van der Waals surface area contributed by atoms with Crippen LogP contribution >= 0.6 is 0 Å². The second-order valence-electron chi connectivity index (χ2n) is 4.53. The summed E-state index contributed by atoms with van der Waals surface area (Å²) in [6.45, 7) is 1.81. The molecule has 1 aromatic carbocycles. The van der Waals surface area contributed by atoms with Crippen molar-refractivity contribution in [3.8, 4) is 0 Å². The number of nitrogens with zero attached hydrogens (tertiary/aromatic N) is 2. The first-order valence-corrected chi connectivity index (χ1v) is 6.45. The first-order valence-electron chi connectivity index (χ1n) is 6.45. The zero-order chi connectivity index (χ0) is 15.0. The van der Waals surface area contributed by atoms with Crippen molar-refractivity contribution in [3.05, 3.63) is 35.8 Å². The van der Waals surface area contributed by atoms with Crippen molar-refractivity contribution in [1.29, 1.82) is 0 Å². The van der Waals surface area contributed by atoms with E-state index < -0.39 is 23.5 Å². The van der Waals surface area contributed by atoms with E-state index >= 15 is 0 Å². The van der Waals surface area contributed by atoms with Gasteiger partial charge in [0.1, 0.15) is 5.82 Å². The van der Waals surface area contributed by atoms with E-state index in [1.807, 2.05) is 0 Å². The van der Waals surface area contributed by atoms with Gasteiger partial charge < -0.3 is 4.74 Å². The second-order valence-corrected chi connectivity index (χ2v) is 4.53. The third-order valence-corrected chi connectivity index (χ3v) is 3.26. The molecule has 1 atom stereocenters. The van der Waals surface area contributed by atoms with E-state index in [2.05, 4.69) is 9.98 Å². The van der Waals surface area contributed by atoms with Crippen LogP contribution < -0.4 is 0 Å². The Bertz CT molecular complexity index is 786. The highest BCUT2D eigenvalue weighted by atomic mass is 19.1. The molecule has 0 saturated heterocycles. The molecular formula is C15H11FN2O3. The maximum atomic E-state index is 14.1. The number of rotatable bonds is 2. The molecule has 21 heavy (non-hydrogen) atoms. The zero-order valence-corrected chi connectivity index (χ0v) is 11.2. The number of aliphatic imine (C=N–C) groups is 1. The smallest absolute Gasteiger partial charge is 0.322 e. The number of halogens is 1. The van der Waals surface area contributed by atoms with Crippen LogP contribution in [0.5, 0.6) is 0 Å². The molecule has 5 nitrogen and oxygen atoms in total. The molecule has 1 aromatic heterocycles. The Balaban J connectivity index is 2.16. The quantitative estimate of drug-likeness (QED) is 0.628. The normalized spacial score (nSPS) is 16.9. The lowest BCUT2D eigenvalue weighted by Gasteiger charge is -2.17. The molecule has 0 bridgehead atoms. The first kappa shape index (κ1) is 13.4. The van der Waals surface area contributed by atoms with Crippen LogP contribution in [0, 0.1) is 11.7 Å². The summed E-state index contributed by atoms with van der Waals surface area (Å²) in [6.07, 6.45) is 2.73. The molecule has 0 fully saturated rings. The van der Waals surface area contributed by atoms with Crippen molar-refractivity contribution in [2.24, 2.45) is 10.9 Å². The number of carbonyl (C=O) groups is 2. The van der Waals surface area contributed by atoms with Gasteiger partial charge in [-0.05, 0) is 25.1 Å². The third kappa shape index (κ3) is 2.08. The SMILES string of the molecule is CCOC(=O)C1C=Nc2c(cc(F)c3cccnc23)C1=O. The van der Waals surface area contributed by atoms with Gasteiger partial charge in [0.05, 0.1) is 17.8 Å². The summed E-state index contributed by atoms with van der Waals surface area (Å²) in [5.74, 6) is -2.90. The molecule has 0 amide bonds. The lowest BCUT2D eigenvalue weighted by atomic mass is 9.93. The van der Waals surface area contributed by atoms with Gasteiger partial charge in [0, 0.05) is 23.4 Å². The summed E-state index contributed by atoms with van der Waals surface area (Å²) in [5.41, 5.74) is 0.649. The third-order valence-electron chi connectivity index (χ3n) is 3.26. The Hall–Kier alpha value is -2.63. The lowest BCUT2D eigenvalue weighted by molar-refractivity contribution is -0.144. The number of Topliss-reactive ketones (excluding diaryl/α,β-unsaturated/α-hetero) is 1. The van der Waals surface area contributed by atoms with Crippen LogP contribution in [0.1, 0.15) is 17.3 Å². The molecule has 0 radical (unpaired) electrons. The number of hydrogen-bond acceptors (Lipinski definition) is 5. The van der Waals surface area contributed by atoms with E-state index in [0.29, 0.717) is 5.52 Å². The summed E-state index contributed by atoms with van der Waals surface area (Å²) in [7, 11) is 0. The summed E-state index contributed by atoms with van der Waals surface area (Å²) >= 11 is 0. The second kappa shape index (κ2) is 5.05. The molecular weight excluding hydrogens is 275 g/mol. The fourth-order valence-corrected chi connectivity index (χ4v) is 2.29. The molecule has 2 aromatic rings. The van der Waals surface area contributed by atoms with Crippen LogP contribution in [-0.2, 0) is 9.53 Å². The highest BCUT2D eigenvalue weighted by Gasteiger charge is 2.33. The number of ether oxygens (including phenoxy) is 1. The van der Waals surface area contributed by atoms with Crippen molar-refractivity contribution < 1.29 is 18.7 Å². The van der Waals surface area contributed by atoms with Gasteiger partial charge in [0.25, 0.3) is 0 Å². The van der Waals surface area contributed by atoms with Crippen LogP contribution in [0.3, 0.4) is 0 Å². The van der Waals surface area contributed by atoms with Crippen molar-refractivity contribution in [3.63, 3.8) is 0 Å². The Labute approximate surface area is 119 Å². The van der Waals surface area contributed by atoms with Crippen molar-refractivity contribution in [2.75, 3.05) is 6.61 Å². The Morgan fingerprint density at radius 1 is 1.48 bits per heavy atom. The van der Waals surface area contributed by atoms with Crippen LogP contribution in [0.15, 0.2) is 29.4 Å². The average Bonchev–Trinajstić information content (AvgIpc) is 2.49. The van der Waals surface area contributed by atoms with Gasteiger partial charge in [-0.1, -0.05) is 0 Å². The molecule has 2 heterocycles. The number of esters is 1. The predicted molar refractivity (Wildman–Crippen MR) is 74.3 cm³/mol. The molecule has 6 heteroatoms. The lowest BCUT2D eigenvalue weighted by Crippen LogP contribution is -2.29. The van der Waals surface area contributed by atoms with Gasteiger partial charge in [-0.15, -0.1) is 0 Å². The average molecular weight is 286 g/mol. The predicted octanol–water partition coefficient (Wildman–Crippen LogP) is 2.45. The molecule has 0 spiro atoms. The Morgan fingerprint density at radius 3 is 3.05 bits per heavy atom. The Morgan fingerprint density at radius 2 is 2.29 bits per heavy atom. The fourth-order valence-electron chi connectivity index (χ4n) is 2.29. The van der Waals surface area contributed by atoms with Crippen molar-refractivity contribution in [2.45, 2.75) is 6.92 Å². The fraction of sp³-hybridized carbons (Fsp3) is 0.200. The van der Waals surface area contributed by atoms with E-state index in [0.717, 1.165) is 6.07 Å². The van der Waals surface area contributed by atoms with Crippen molar-refractivity contribution in [1.82, 2.24) is 4.98 Å². The van der Waals surface area contributed by atoms with Gasteiger partial charge in [0.2, 0.25) is 0 Å². The largest absolute Gasteiger partial charge is 0.465 e. The maximum Gasteiger partial charge on any atom is 0.322 e. The molecule has 3 rings (SSSR count). The number of benzene rings is 1. The Kier molecular flexibility index (Phi) is 3.21. The van der Waals surface area contributed by atoms with E-state index in [1.165, 1.54) is 12.4 Å². The van der Waals surface area contributed by atoms with E-state index in [1.54, 1.807) is 19.1 Å². The topological polar surface area (TPSA) is 68.6 Å². The van der Waals surface area contributed by atoms with Gasteiger partial charge in [0.15, 0.2) is 11.7 Å². The van der Waals surface area contributed by atoms with Crippen LogP contribution in [0.4, 0.5) is 10.1 Å². The minimum Gasteiger partial charge on any atom is -0.465 e. The van der Waals surface area contributed by atoms with E-state index in [9.17, 15) is 14.0 Å². The molecule has 0 N–H and O–H groups in total. The number of pyridine rings is 1. The van der Waals surface area contributed by atoms with Gasteiger partial charge in [-0.2, -0.15) is 0 Å². The van der Waals surface area contributed by atoms with Crippen LogP contribution in [-0.4, -0.2) is 29.6 Å². The number of ketones is 1. The highest BCUT2D eigenvalue weighted by molar-refractivity contribution is 6.24. The van der Waals surface area contributed by atoms with Gasteiger partial charge in [-0.25, -0.2) is 4.39 Å². The molecule has 1 unspecified atom stereocenters. The number of hydrogen-bond donors (Lipinski definition) is 0. The van der Waals surface area contributed by atoms with Crippen LogP contribution in [0.25, 0.3) is 10.9 Å². The van der Waals surface area contributed by atoms with Crippen LogP contribution in [0.2, 0.25) is 0 Å². The highest BCUT2D eigenvalue weighted by Crippen LogP contribution is 2.34. The molecule has 1 aliphatic heterocycles. The summed E-state index contributed by atoms with van der Waals surface area (Å²) in [5, 5.41) is 0.288. The maximum absolute atomic E-state index is 14.1. The molecule has 106 valence electrons. The van der Waals surface area contributed by atoms with Gasteiger partial charge in [-0.3, -0.25) is 19.6 Å². The van der Waals surface area contributed by atoms with E-state index in [4.69, 9.17) is 4.74 Å². The number of fused-ring (bicyclic) bond motifs is 3. The minimum absolute atomic E-state index is 0.0549. The van der Waals surface area contributed by atoms with Gasteiger partial charge >= 0.3 is 5.97 Å². The first-order chi connectivity index (χ1) is 10.1. The number of aromatic nitrogens is 1. The minimum atomic E-state index is -1.13. The van der Waals surface area contributed by atoms with Crippen molar-refractivity contribution >= 4 is 34.6 Å². The monoisotopic (exact) mass is 286 g/mol. The standard InChI is InChI=1S/C15H11FN2O3/c1-2-21-15(20)10-7-18-13-9(14(10)19)6-11(16)8-4-3-5-17-12(8)13/h3-7,10H,2H2,1H3. The molecule has 1 aliphatic rings. The summed E-state index contributed by atoms with van der Waals surface area (Å²) in [6, 6.07) is 4.27. The zero-order valence-electron chi connectivity index (χ0n) is 11.2. The van der Waals surface area contributed by atoms with E-state index in [-0.39, 0.29) is 23.2 Å². The molecule has 0 saturated carbocycles. The number of carbonyl (C=O) groups excluding carboxylic acids is 2. The summed E-state index contributed by atoms with van der Waals surface area (Å²) in [4.78, 5) is 32.3. The summed E-state index contributed by atoms with van der Waals surface area (Å²) < 4.78 is 18.9. The molecule has 0 aliphatic carbocycles.